The van der Waals surface area contributed by atoms with Crippen molar-refractivity contribution in [1.82, 2.24) is 0 Å². The Morgan fingerprint density at radius 1 is 1.14 bits per heavy atom. The number of amides is 1. The van der Waals surface area contributed by atoms with E-state index in [-0.39, 0.29) is 5.91 Å². The quantitative estimate of drug-likeness (QED) is 0.595. The molecule has 1 aromatic heterocycles. The van der Waals surface area contributed by atoms with Crippen molar-refractivity contribution in [3.63, 3.8) is 0 Å². The predicted molar refractivity (Wildman–Crippen MR) is 95.0 cm³/mol. The zero-order valence-electron chi connectivity index (χ0n) is 12.5. The third-order valence-corrected chi connectivity index (χ3v) is 4.79. The molecular formula is C17H15NO2S2. The second-order valence-electron chi connectivity index (χ2n) is 5.21. The van der Waals surface area contributed by atoms with E-state index in [1.54, 1.807) is 11.0 Å². The molecule has 0 radical (unpaired) electrons. The van der Waals surface area contributed by atoms with E-state index in [1.165, 1.54) is 11.8 Å². The average molecular weight is 329 g/mol. The summed E-state index contributed by atoms with van der Waals surface area (Å²) in [5.41, 5.74) is 2.95. The molecule has 1 aliphatic heterocycles. The zero-order chi connectivity index (χ0) is 15.9. The number of aryl methyl sites for hydroxylation is 3. The molecule has 5 heteroatoms. The molecule has 1 amide bonds. The summed E-state index contributed by atoms with van der Waals surface area (Å²) in [6, 6.07) is 9.67. The van der Waals surface area contributed by atoms with E-state index in [1.807, 2.05) is 51.1 Å². The maximum atomic E-state index is 12.7. The number of carbonyl (C=O) groups excluding carboxylic acids is 1. The summed E-state index contributed by atoms with van der Waals surface area (Å²) in [5, 5.41) is 0. The third kappa shape index (κ3) is 2.62. The molecule has 3 rings (SSSR count). The molecule has 0 bridgehead atoms. The van der Waals surface area contributed by atoms with Crippen molar-refractivity contribution in [2.45, 2.75) is 20.8 Å². The molecule has 1 fully saturated rings. The van der Waals surface area contributed by atoms with Gasteiger partial charge in [-0.2, -0.15) is 0 Å². The van der Waals surface area contributed by atoms with Crippen LogP contribution in [0.4, 0.5) is 5.69 Å². The average Bonchev–Trinajstić information content (AvgIpc) is 2.97. The van der Waals surface area contributed by atoms with Crippen LogP contribution < -0.4 is 4.90 Å². The Hall–Kier alpha value is -1.85. The molecule has 1 aromatic carbocycles. The van der Waals surface area contributed by atoms with Gasteiger partial charge in [0.05, 0.1) is 10.6 Å². The summed E-state index contributed by atoms with van der Waals surface area (Å²) in [7, 11) is 0. The molecule has 0 unspecified atom stereocenters. The molecule has 0 saturated carbocycles. The van der Waals surface area contributed by atoms with Crippen molar-refractivity contribution in [2.24, 2.45) is 0 Å². The molecule has 0 atom stereocenters. The highest BCUT2D eigenvalue weighted by atomic mass is 32.2. The number of furan rings is 1. The van der Waals surface area contributed by atoms with Crippen LogP contribution in [-0.2, 0) is 4.79 Å². The Kier molecular flexibility index (Phi) is 3.93. The minimum Gasteiger partial charge on any atom is -0.462 e. The van der Waals surface area contributed by atoms with E-state index in [4.69, 9.17) is 16.6 Å². The van der Waals surface area contributed by atoms with Crippen LogP contribution in [-0.4, -0.2) is 10.2 Å². The van der Waals surface area contributed by atoms with Crippen LogP contribution in [0.2, 0.25) is 0 Å². The van der Waals surface area contributed by atoms with Crippen LogP contribution >= 0.6 is 24.0 Å². The lowest BCUT2D eigenvalue weighted by Crippen LogP contribution is -2.29. The number of thioether (sulfide) groups is 1. The summed E-state index contributed by atoms with van der Waals surface area (Å²) in [5.74, 6) is 1.39. The largest absolute Gasteiger partial charge is 0.462 e. The van der Waals surface area contributed by atoms with Crippen LogP contribution in [0.15, 0.2) is 39.7 Å². The van der Waals surface area contributed by atoms with Crippen LogP contribution in [0.25, 0.3) is 6.08 Å². The van der Waals surface area contributed by atoms with Gasteiger partial charge < -0.3 is 4.42 Å². The summed E-state index contributed by atoms with van der Waals surface area (Å²) in [4.78, 5) is 14.9. The maximum Gasteiger partial charge on any atom is 0.270 e. The fraction of sp³-hybridized carbons (Fsp3) is 0.176. The van der Waals surface area contributed by atoms with E-state index in [2.05, 4.69) is 0 Å². The Balaban J connectivity index is 2.00. The fourth-order valence-electron chi connectivity index (χ4n) is 2.48. The maximum absolute atomic E-state index is 12.7. The number of thiocarbonyl (C=S) groups is 1. The molecule has 0 aliphatic carbocycles. The van der Waals surface area contributed by atoms with E-state index < -0.39 is 0 Å². The highest BCUT2D eigenvalue weighted by molar-refractivity contribution is 8.27. The van der Waals surface area contributed by atoms with Gasteiger partial charge in [0, 0.05) is 6.08 Å². The number of para-hydroxylation sites is 1. The van der Waals surface area contributed by atoms with Crippen LogP contribution in [0.5, 0.6) is 0 Å². The number of nitrogens with zero attached hydrogens (tertiary/aromatic N) is 1. The van der Waals surface area contributed by atoms with Gasteiger partial charge in [-0.05, 0) is 44.0 Å². The van der Waals surface area contributed by atoms with Crippen molar-refractivity contribution in [3.05, 3.63) is 57.9 Å². The van der Waals surface area contributed by atoms with Gasteiger partial charge in [-0.3, -0.25) is 9.69 Å². The topological polar surface area (TPSA) is 33.5 Å². The van der Waals surface area contributed by atoms with Crippen LogP contribution in [0, 0.1) is 20.8 Å². The van der Waals surface area contributed by atoms with Gasteiger partial charge in [0.1, 0.15) is 11.5 Å². The third-order valence-electron chi connectivity index (χ3n) is 3.49. The Labute approximate surface area is 139 Å². The summed E-state index contributed by atoms with van der Waals surface area (Å²) in [6.45, 7) is 5.85. The van der Waals surface area contributed by atoms with E-state index >= 15 is 0 Å². The highest BCUT2D eigenvalue weighted by Gasteiger charge is 2.35. The monoisotopic (exact) mass is 329 g/mol. The zero-order valence-corrected chi connectivity index (χ0v) is 14.2. The normalized spacial score (nSPS) is 16.9. The minimum atomic E-state index is -0.0959. The molecule has 2 aromatic rings. The van der Waals surface area contributed by atoms with Gasteiger partial charge >= 0.3 is 0 Å². The summed E-state index contributed by atoms with van der Waals surface area (Å²) in [6.07, 6.45) is 1.75. The molecule has 22 heavy (non-hydrogen) atoms. The van der Waals surface area contributed by atoms with E-state index in [0.717, 1.165) is 22.6 Å². The number of hydrogen-bond donors (Lipinski definition) is 0. The Bertz CT molecular complexity index is 784. The number of rotatable bonds is 2. The van der Waals surface area contributed by atoms with Gasteiger partial charge in [0.2, 0.25) is 0 Å². The molecule has 0 spiro atoms. The molecule has 1 aliphatic rings. The van der Waals surface area contributed by atoms with Crippen LogP contribution in [0.1, 0.15) is 22.6 Å². The van der Waals surface area contributed by atoms with Gasteiger partial charge in [-0.1, -0.05) is 42.2 Å². The molecule has 2 heterocycles. The number of anilines is 1. The lowest BCUT2D eigenvalue weighted by atomic mass is 10.1. The van der Waals surface area contributed by atoms with Crippen molar-refractivity contribution >= 4 is 46.0 Å². The van der Waals surface area contributed by atoms with Gasteiger partial charge in [-0.25, -0.2) is 0 Å². The lowest BCUT2D eigenvalue weighted by Gasteiger charge is -2.19. The van der Waals surface area contributed by atoms with Crippen molar-refractivity contribution < 1.29 is 9.21 Å². The first-order chi connectivity index (χ1) is 10.5. The number of hydrogen-bond acceptors (Lipinski definition) is 4. The number of benzene rings is 1. The van der Waals surface area contributed by atoms with Crippen molar-refractivity contribution in [2.75, 3.05) is 4.90 Å². The minimum absolute atomic E-state index is 0.0959. The van der Waals surface area contributed by atoms with E-state index in [9.17, 15) is 4.79 Å². The van der Waals surface area contributed by atoms with Crippen molar-refractivity contribution in [3.8, 4) is 0 Å². The summed E-state index contributed by atoms with van der Waals surface area (Å²) < 4.78 is 6.07. The first kappa shape index (κ1) is 15.1. The Morgan fingerprint density at radius 3 is 2.41 bits per heavy atom. The van der Waals surface area contributed by atoms with Gasteiger partial charge in [0.25, 0.3) is 5.91 Å². The standard InChI is InChI=1S/C17H15NO2S2/c1-10-5-4-6-11(2)15(10)18-16(19)14(22-17(18)21)9-13-8-7-12(3)20-13/h4-9H,1-3H3/b14-9+. The molecule has 0 N–H and O–H groups in total. The van der Waals surface area contributed by atoms with Gasteiger partial charge in [0.15, 0.2) is 4.32 Å². The number of carbonyl (C=O) groups is 1. The molecule has 1 saturated heterocycles. The fourth-order valence-corrected chi connectivity index (χ4v) is 3.73. The molecule has 112 valence electrons. The SMILES string of the molecule is Cc1ccc(/C=C2/SC(=S)N(c3c(C)cccc3C)C2=O)o1. The first-order valence-electron chi connectivity index (χ1n) is 6.88. The smallest absolute Gasteiger partial charge is 0.270 e. The lowest BCUT2D eigenvalue weighted by molar-refractivity contribution is -0.113. The Morgan fingerprint density at radius 2 is 1.82 bits per heavy atom. The predicted octanol–water partition coefficient (Wildman–Crippen LogP) is 4.61. The summed E-state index contributed by atoms with van der Waals surface area (Å²) >= 11 is 6.72. The molecule has 3 nitrogen and oxygen atoms in total. The second-order valence-corrected chi connectivity index (χ2v) is 6.88. The second kappa shape index (κ2) is 5.74. The van der Waals surface area contributed by atoms with E-state index in [0.29, 0.717) is 15.0 Å². The first-order valence-corrected chi connectivity index (χ1v) is 8.10. The van der Waals surface area contributed by atoms with Crippen LogP contribution in [0.3, 0.4) is 0 Å². The van der Waals surface area contributed by atoms with Gasteiger partial charge in [-0.15, -0.1) is 0 Å². The molecular weight excluding hydrogens is 314 g/mol. The van der Waals surface area contributed by atoms with Crippen molar-refractivity contribution in [1.29, 1.82) is 0 Å². The highest BCUT2D eigenvalue weighted by Crippen LogP contribution is 2.38.